The number of amides is 2. The molecule has 1 aromatic heterocycles. The number of nitrogens with zero attached hydrogens (tertiary/aromatic N) is 1. The van der Waals surface area contributed by atoms with Crippen molar-refractivity contribution in [2.45, 2.75) is 13.3 Å². The Morgan fingerprint density at radius 1 is 1.44 bits per heavy atom. The molecule has 5 nitrogen and oxygen atoms in total. The maximum absolute atomic E-state index is 11.4. The fourth-order valence-corrected chi connectivity index (χ4v) is 1.42. The van der Waals surface area contributed by atoms with Gasteiger partial charge in [0.05, 0.1) is 11.9 Å². The molecule has 0 spiro atoms. The van der Waals surface area contributed by atoms with Crippen LogP contribution in [0.4, 0.5) is 5.69 Å². The van der Waals surface area contributed by atoms with Gasteiger partial charge in [0.2, 0.25) is 11.8 Å². The largest absolute Gasteiger partial charge is 0.356 e. The van der Waals surface area contributed by atoms with E-state index in [9.17, 15) is 9.59 Å². The lowest BCUT2D eigenvalue weighted by atomic mass is 10.3. The van der Waals surface area contributed by atoms with Crippen LogP contribution in [0, 0.1) is 0 Å². The summed E-state index contributed by atoms with van der Waals surface area (Å²) < 4.78 is 0.798. The third-order valence-electron chi connectivity index (χ3n) is 1.71. The molecule has 1 rings (SSSR count). The van der Waals surface area contributed by atoms with Crippen molar-refractivity contribution in [1.29, 1.82) is 0 Å². The summed E-state index contributed by atoms with van der Waals surface area (Å²) in [6.07, 6.45) is 3.43. The summed E-state index contributed by atoms with van der Waals surface area (Å²) in [6, 6.07) is 1.75. The van der Waals surface area contributed by atoms with Crippen molar-refractivity contribution in [3.63, 3.8) is 0 Å². The summed E-state index contributed by atoms with van der Waals surface area (Å²) in [6.45, 7) is 1.75. The van der Waals surface area contributed by atoms with Crippen LogP contribution in [0.2, 0.25) is 0 Å². The third kappa shape index (κ3) is 4.88. The minimum absolute atomic E-state index is 0.142. The quantitative estimate of drug-likeness (QED) is 0.876. The molecule has 0 aliphatic rings. The summed E-state index contributed by atoms with van der Waals surface area (Å²) in [5.41, 5.74) is 0.627. The lowest BCUT2D eigenvalue weighted by molar-refractivity contribution is -0.119. The molecule has 0 aliphatic carbocycles. The molecule has 0 radical (unpaired) electrons. The average molecular weight is 286 g/mol. The van der Waals surface area contributed by atoms with E-state index in [1.807, 2.05) is 0 Å². The molecule has 1 aromatic rings. The highest BCUT2D eigenvalue weighted by atomic mass is 79.9. The Kier molecular flexibility index (Phi) is 4.91. The van der Waals surface area contributed by atoms with Crippen LogP contribution in [0.5, 0.6) is 0 Å². The molecule has 0 unspecified atom stereocenters. The summed E-state index contributed by atoms with van der Waals surface area (Å²) in [7, 11) is 0. The molecule has 0 aromatic carbocycles. The SMILES string of the molecule is CC(=O)NCCC(=O)Nc1cncc(Br)c1. The molecule has 0 atom stereocenters. The predicted molar refractivity (Wildman–Crippen MR) is 63.9 cm³/mol. The van der Waals surface area contributed by atoms with Crippen LogP contribution in [0.3, 0.4) is 0 Å². The van der Waals surface area contributed by atoms with Crippen molar-refractivity contribution in [3.05, 3.63) is 22.9 Å². The number of aromatic nitrogens is 1. The number of hydrogen-bond acceptors (Lipinski definition) is 3. The fourth-order valence-electron chi connectivity index (χ4n) is 1.06. The molecule has 86 valence electrons. The van der Waals surface area contributed by atoms with Crippen LogP contribution in [-0.4, -0.2) is 23.3 Å². The van der Waals surface area contributed by atoms with E-state index in [1.165, 1.54) is 6.92 Å². The number of rotatable bonds is 4. The monoisotopic (exact) mass is 285 g/mol. The minimum atomic E-state index is -0.159. The van der Waals surface area contributed by atoms with Crippen LogP contribution in [0.1, 0.15) is 13.3 Å². The van der Waals surface area contributed by atoms with Gasteiger partial charge in [-0.05, 0) is 22.0 Å². The Hall–Kier alpha value is -1.43. The lowest BCUT2D eigenvalue weighted by Gasteiger charge is -2.05. The van der Waals surface area contributed by atoms with E-state index in [2.05, 4.69) is 31.5 Å². The smallest absolute Gasteiger partial charge is 0.226 e. The molecule has 6 heteroatoms. The van der Waals surface area contributed by atoms with Crippen LogP contribution in [-0.2, 0) is 9.59 Å². The number of anilines is 1. The third-order valence-corrected chi connectivity index (χ3v) is 2.15. The van der Waals surface area contributed by atoms with Gasteiger partial charge in [-0.3, -0.25) is 14.6 Å². The molecule has 0 aliphatic heterocycles. The van der Waals surface area contributed by atoms with Crippen molar-refractivity contribution in [1.82, 2.24) is 10.3 Å². The maximum Gasteiger partial charge on any atom is 0.226 e. The standard InChI is InChI=1S/C10H12BrN3O2/c1-7(15)13-3-2-10(16)14-9-4-8(11)5-12-6-9/h4-6H,2-3H2,1H3,(H,13,15)(H,14,16). The minimum Gasteiger partial charge on any atom is -0.356 e. The molecule has 0 saturated heterocycles. The molecule has 2 N–H and O–H groups in total. The highest BCUT2D eigenvalue weighted by Gasteiger charge is 2.03. The van der Waals surface area contributed by atoms with E-state index < -0.39 is 0 Å². The molecule has 0 bridgehead atoms. The zero-order valence-electron chi connectivity index (χ0n) is 8.79. The van der Waals surface area contributed by atoms with Gasteiger partial charge in [0, 0.05) is 30.6 Å². The predicted octanol–water partition coefficient (Wildman–Crippen LogP) is 1.31. The van der Waals surface area contributed by atoms with Gasteiger partial charge in [0.25, 0.3) is 0 Å². The summed E-state index contributed by atoms with van der Waals surface area (Å²) in [5.74, 6) is -0.300. The second-order valence-corrected chi connectivity index (χ2v) is 4.09. The summed E-state index contributed by atoms with van der Waals surface area (Å²) in [4.78, 5) is 25.9. The topological polar surface area (TPSA) is 71.1 Å². The molecule has 1 heterocycles. The van der Waals surface area contributed by atoms with E-state index in [0.717, 1.165) is 4.47 Å². The molecule has 2 amide bonds. The number of nitrogens with one attached hydrogen (secondary N) is 2. The second-order valence-electron chi connectivity index (χ2n) is 3.17. The summed E-state index contributed by atoms with van der Waals surface area (Å²) >= 11 is 3.25. The first-order valence-electron chi connectivity index (χ1n) is 4.73. The van der Waals surface area contributed by atoms with Crippen molar-refractivity contribution in [2.24, 2.45) is 0 Å². The molecular weight excluding hydrogens is 274 g/mol. The first kappa shape index (κ1) is 12.6. The highest BCUT2D eigenvalue weighted by Crippen LogP contribution is 2.13. The molecular formula is C10H12BrN3O2. The van der Waals surface area contributed by atoms with Gasteiger partial charge in [-0.25, -0.2) is 0 Å². The van der Waals surface area contributed by atoms with Crippen molar-refractivity contribution in [2.75, 3.05) is 11.9 Å². The van der Waals surface area contributed by atoms with Crippen molar-refractivity contribution >= 4 is 33.4 Å². The summed E-state index contributed by atoms with van der Waals surface area (Å²) in [5, 5.41) is 5.22. The van der Waals surface area contributed by atoms with E-state index in [-0.39, 0.29) is 18.2 Å². The molecule has 16 heavy (non-hydrogen) atoms. The first-order valence-corrected chi connectivity index (χ1v) is 5.52. The number of pyridine rings is 1. The van der Waals surface area contributed by atoms with Gasteiger partial charge in [0.15, 0.2) is 0 Å². The average Bonchev–Trinajstić information content (AvgIpc) is 2.16. The zero-order chi connectivity index (χ0) is 12.0. The van der Waals surface area contributed by atoms with Gasteiger partial charge in [-0.2, -0.15) is 0 Å². The van der Waals surface area contributed by atoms with Crippen LogP contribution in [0.15, 0.2) is 22.9 Å². The molecule has 0 fully saturated rings. The van der Waals surface area contributed by atoms with Crippen molar-refractivity contribution < 1.29 is 9.59 Å². The van der Waals surface area contributed by atoms with Crippen LogP contribution < -0.4 is 10.6 Å². The highest BCUT2D eigenvalue weighted by molar-refractivity contribution is 9.10. The van der Waals surface area contributed by atoms with E-state index in [1.54, 1.807) is 18.5 Å². The number of hydrogen-bond donors (Lipinski definition) is 2. The number of halogens is 1. The zero-order valence-corrected chi connectivity index (χ0v) is 10.4. The Morgan fingerprint density at radius 3 is 2.81 bits per heavy atom. The van der Waals surface area contributed by atoms with E-state index in [0.29, 0.717) is 12.2 Å². The van der Waals surface area contributed by atoms with Gasteiger partial charge >= 0.3 is 0 Å². The van der Waals surface area contributed by atoms with Crippen LogP contribution in [0.25, 0.3) is 0 Å². The van der Waals surface area contributed by atoms with Gasteiger partial charge in [-0.15, -0.1) is 0 Å². The second kappa shape index (κ2) is 6.22. The first-order chi connectivity index (χ1) is 7.58. The van der Waals surface area contributed by atoms with E-state index >= 15 is 0 Å². The normalized spacial score (nSPS) is 9.62. The number of carbonyl (C=O) groups excluding carboxylic acids is 2. The Bertz CT molecular complexity index is 395. The van der Waals surface area contributed by atoms with Crippen LogP contribution >= 0.6 is 15.9 Å². The maximum atomic E-state index is 11.4. The van der Waals surface area contributed by atoms with E-state index in [4.69, 9.17) is 0 Å². The Balaban J connectivity index is 2.37. The van der Waals surface area contributed by atoms with Gasteiger partial charge in [-0.1, -0.05) is 0 Å². The van der Waals surface area contributed by atoms with Crippen molar-refractivity contribution in [3.8, 4) is 0 Å². The van der Waals surface area contributed by atoms with Gasteiger partial charge < -0.3 is 10.6 Å². The Labute approximate surface area is 102 Å². The lowest BCUT2D eigenvalue weighted by Crippen LogP contribution is -2.25. The fraction of sp³-hybridized carbons (Fsp3) is 0.300. The Morgan fingerprint density at radius 2 is 2.19 bits per heavy atom. The number of carbonyl (C=O) groups is 2. The molecule has 0 saturated carbocycles. The van der Waals surface area contributed by atoms with Gasteiger partial charge in [0.1, 0.15) is 0 Å².